The van der Waals surface area contributed by atoms with Crippen LogP contribution in [0, 0.1) is 34.5 Å². The highest BCUT2D eigenvalue weighted by atomic mass is 35.5. The van der Waals surface area contributed by atoms with Gasteiger partial charge in [-0.15, -0.1) is 11.3 Å². The maximum atomic E-state index is 14.1. The van der Waals surface area contributed by atoms with E-state index in [1.807, 2.05) is 88.7 Å². The molecule has 1 aromatic heterocycles. The predicted octanol–water partition coefficient (Wildman–Crippen LogP) is 8.47. The minimum Gasteiger partial charge on any atom is -0.489 e. The number of ether oxygens (including phenoxy) is 3. The number of amides is 4. The lowest BCUT2D eigenvalue weighted by atomic mass is 9.49. The van der Waals surface area contributed by atoms with Crippen molar-refractivity contribution < 1.29 is 38.5 Å². The molecule has 71 heavy (non-hydrogen) atoms. The van der Waals surface area contributed by atoms with Gasteiger partial charge in [0, 0.05) is 53.5 Å². The van der Waals surface area contributed by atoms with Gasteiger partial charge in [-0.05, 0) is 73.1 Å². The lowest BCUT2D eigenvalue weighted by Crippen LogP contribution is -2.74. The van der Waals surface area contributed by atoms with E-state index in [2.05, 4.69) is 54.7 Å². The minimum absolute atomic E-state index is 0.0149. The first-order chi connectivity index (χ1) is 33.5. The fourth-order valence-electron chi connectivity index (χ4n) is 10.8. The van der Waals surface area contributed by atoms with Crippen molar-refractivity contribution in [3.05, 3.63) is 105 Å². The number of nitriles is 1. The van der Waals surface area contributed by atoms with Gasteiger partial charge in [-0.1, -0.05) is 109 Å². The molecule has 0 radical (unpaired) electrons. The number of rotatable bonds is 19. The first-order valence-corrected chi connectivity index (χ1v) is 25.8. The topological polar surface area (TPSA) is 192 Å². The molecule has 16 heteroatoms. The third-order valence-electron chi connectivity index (χ3n) is 14.7. The van der Waals surface area contributed by atoms with E-state index in [1.165, 1.54) is 4.90 Å². The molecule has 0 unspecified atom stereocenters. The molecule has 0 spiro atoms. The van der Waals surface area contributed by atoms with Crippen LogP contribution in [-0.4, -0.2) is 102 Å². The van der Waals surface area contributed by atoms with Crippen LogP contribution in [0.3, 0.4) is 0 Å². The highest BCUT2D eigenvalue weighted by molar-refractivity contribution is 7.13. The van der Waals surface area contributed by atoms with Gasteiger partial charge in [0.15, 0.2) is 0 Å². The molecule has 3 aromatic carbocycles. The van der Waals surface area contributed by atoms with E-state index < -0.39 is 35.4 Å². The first-order valence-electron chi connectivity index (χ1n) is 24.6. The lowest BCUT2D eigenvalue weighted by molar-refractivity contribution is -0.164. The van der Waals surface area contributed by atoms with Crippen molar-refractivity contribution >= 4 is 46.6 Å². The molecule has 14 nitrogen and oxygen atoms in total. The number of aromatic nitrogens is 1. The SMILES string of the molecule is Cc1ncsc1-c1ccc([C@H](C)NC(=O)[C@@H]2C[C@@H](O)CN2C(=O)[C@@H](NC(=O)COCCCCCC2(c3ccc(C(=O)NC4C(C)(C)C(Oc5ccc(C#N)c(Cl)c5)C4(C)C)cc3)COC2)C(C)(C)C)cc1. The number of nitrogens with zero attached hydrogens (tertiary/aromatic N) is 3. The fraction of sp³-hybridized carbons (Fsp3) is 0.527. The van der Waals surface area contributed by atoms with Gasteiger partial charge >= 0.3 is 0 Å². The number of benzene rings is 3. The standard InChI is InChI=1S/C55H69ClN6O8S/c1-33(35-13-15-36(16-14-35)45-34(2)58-32-71-45)59-48(66)43-25-40(63)28-62(43)49(67)46(52(3,4)5)60-44(64)29-68-24-12-10-11-23-55(30-69-31-55)39-20-17-37(18-21-39)47(65)61-50-53(6,7)51(54(50,8)9)70-41-22-19-38(27-57)42(56)26-41/h13-22,26,32-33,40,43,46,50-51,63H,10-12,23-25,28-31H2,1-9H3,(H,59,66)(H,60,64)(H,61,65)/t33-,40+,43-,46+,50?,51?/m0/s1. The Kier molecular flexibility index (Phi) is 16.4. The molecule has 3 fully saturated rings. The van der Waals surface area contributed by atoms with Crippen LogP contribution in [0.4, 0.5) is 0 Å². The number of aliphatic hydroxyl groups is 1. The van der Waals surface area contributed by atoms with Crippen molar-refractivity contribution in [1.82, 2.24) is 25.8 Å². The molecule has 4 atom stereocenters. The molecule has 3 heterocycles. The van der Waals surface area contributed by atoms with Gasteiger partial charge in [0.05, 0.1) is 52.0 Å². The molecule has 1 aliphatic carbocycles. The van der Waals surface area contributed by atoms with Gasteiger partial charge < -0.3 is 40.2 Å². The van der Waals surface area contributed by atoms with Gasteiger partial charge in [0.2, 0.25) is 17.7 Å². The van der Waals surface area contributed by atoms with Crippen molar-refractivity contribution in [3.8, 4) is 22.3 Å². The highest BCUT2D eigenvalue weighted by Crippen LogP contribution is 2.55. The van der Waals surface area contributed by atoms with E-state index in [0.29, 0.717) is 41.7 Å². The zero-order valence-corrected chi connectivity index (χ0v) is 44.0. The number of hydrogen-bond donors (Lipinski definition) is 4. The Hall–Kier alpha value is -5.37. The minimum atomic E-state index is -0.957. The number of unbranched alkanes of at least 4 members (excludes halogenated alkanes) is 2. The van der Waals surface area contributed by atoms with Gasteiger partial charge in [-0.2, -0.15) is 5.26 Å². The Morgan fingerprint density at radius 3 is 2.27 bits per heavy atom. The number of β-amino-alcohol motifs (C(OH)–C–C–N with tert-alkyl or cyclic N) is 1. The van der Waals surface area contributed by atoms with E-state index in [9.17, 15) is 29.5 Å². The average Bonchev–Trinajstić information content (AvgIpc) is 3.93. The number of carbonyl (C=O) groups is 4. The maximum Gasteiger partial charge on any atom is 0.251 e. The molecule has 3 aliphatic rings. The van der Waals surface area contributed by atoms with E-state index in [-0.39, 0.29) is 65.8 Å². The molecule has 7 rings (SSSR count). The van der Waals surface area contributed by atoms with E-state index >= 15 is 0 Å². The van der Waals surface area contributed by atoms with Crippen molar-refractivity contribution in [2.75, 3.05) is 33.0 Å². The molecule has 1 saturated carbocycles. The van der Waals surface area contributed by atoms with Crippen molar-refractivity contribution in [3.63, 3.8) is 0 Å². The summed E-state index contributed by atoms with van der Waals surface area (Å²) in [5, 5.41) is 29.4. The second kappa shape index (κ2) is 21.8. The highest BCUT2D eigenvalue weighted by Gasteiger charge is 2.64. The molecular weight excluding hydrogens is 940 g/mol. The van der Waals surface area contributed by atoms with Crippen LogP contribution >= 0.6 is 22.9 Å². The van der Waals surface area contributed by atoms with Gasteiger partial charge in [-0.3, -0.25) is 19.2 Å². The summed E-state index contributed by atoms with van der Waals surface area (Å²) >= 11 is 7.84. The van der Waals surface area contributed by atoms with E-state index in [4.69, 9.17) is 25.8 Å². The summed E-state index contributed by atoms with van der Waals surface area (Å²) in [7, 11) is 0. The number of nitrogens with one attached hydrogen (secondary N) is 3. The number of aryl methyl sites for hydroxylation is 1. The Morgan fingerprint density at radius 2 is 1.68 bits per heavy atom. The van der Waals surface area contributed by atoms with Crippen LogP contribution in [-0.2, 0) is 29.3 Å². The Morgan fingerprint density at radius 1 is 0.986 bits per heavy atom. The predicted molar refractivity (Wildman–Crippen MR) is 274 cm³/mol. The largest absolute Gasteiger partial charge is 0.489 e. The molecule has 380 valence electrons. The number of aliphatic hydroxyl groups excluding tert-OH is 1. The summed E-state index contributed by atoms with van der Waals surface area (Å²) in [5.41, 5.74) is 5.21. The summed E-state index contributed by atoms with van der Waals surface area (Å²) in [6.45, 7) is 19.1. The number of thiazole rings is 1. The molecule has 4 amide bonds. The molecule has 0 bridgehead atoms. The smallest absolute Gasteiger partial charge is 0.251 e. The van der Waals surface area contributed by atoms with Crippen molar-refractivity contribution in [2.24, 2.45) is 16.2 Å². The lowest BCUT2D eigenvalue weighted by Gasteiger charge is -2.63. The third-order valence-corrected chi connectivity index (χ3v) is 16.0. The Balaban J connectivity index is 0.837. The summed E-state index contributed by atoms with van der Waals surface area (Å²) in [4.78, 5) is 61.5. The summed E-state index contributed by atoms with van der Waals surface area (Å²) in [6, 6.07) is 20.5. The molecule has 4 N–H and O–H groups in total. The Bertz CT molecular complexity index is 2580. The Labute approximate surface area is 427 Å². The quantitative estimate of drug-likeness (QED) is 0.0663. The number of carbonyl (C=O) groups excluding carboxylic acids is 4. The van der Waals surface area contributed by atoms with Crippen molar-refractivity contribution in [2.45, 2.75) is 136 Å². The zero-order chi connectivity index (χ0) is 51.5. The number of hydrogen-bond acceptors (Lipinski definition) is 11. The van der Waals surface area contributed by atoms with Crippen molar-refractivity contribution in [1.29, 1.82) is 5.26 Å². The second-order valence-corrected chi connectivity index (χ2v) is 23.2. The monoisotopic (exact) mass is 1010 g/mol. The zero-order valence-electron chi connectivity index (χ0n) is 42.4. The first kappa shape index (κ1) is 53.4. The molecular formula is C55H69ClN6O8S. The van der Waals surface area contributed by atoms with Crippen LogP contribution in [0.15, 0.2) is 72.2 Å². The normalized spacial score (nSPS) is 21.7. The van der Waals surface area contributed by atoms with Crippen LogP contribution in [0.25, 0.3) is 10.4 Å². The summed E-state index contributed by atoms with van der Waals surface area (Å²) in [6.07, 6.45) is 2.44. The third kappa shape index (κ3) is 11.8. The fourth-order valence-corrected chi connectivity index (χ4v) is 11.8. The summed E-state index contributed by atoms with van der Waals surface area (Å²) < 4.78 is 17.9. The maximum absolute atomic E-state index is 14.1. The average molecular weight is 1010 g/mol. The summed E-state index contributed by atoms with van der Waals surface area (Å²) in [5.74, 6) is -0.800. The van der Waals surface area contributed by atoms with Crippen LogP contribution in [0.2, 0.25) is 5.02 Å². The van der Waals surface area contributed by atoms with Crippen LogP contribution < -0.4 is 20.7 Å². The van der Waals surface area contributed by atoms with E-state index in [1.54, 1.807) is 29.5 Å². The second-order valence-electron chi connectivity index (χ2n) is 21.9. The van der Waals surface area contributed by atoms with Gasteiger partial charge in [0.25, 0.3) is 5.91 Å². The van der Waals surface area contributed by atoms with Crippen LogP contribution in [0.1, 0.15) is 126 Å². The number of halogens is 1. The van der Waals surface area contributed by atoms with E-state index in [0.717, 1.165) is 52.9 Å². The molecule has 2 saturated heterocycles. The van der Waals surface area contributed by atoms with Gasteiger partial charge in [-0.25, -0.2) is 4.98 Å². The van der Waals surface area contributed by atoms with Gasteiger partial charge in [0.1, 0.15) is 36.6 Å². The number of likely N-dealkylation sites (tertiary alicyclic amines) is 1. The van der Waals surface area contributed by atoms with Crippen LogP contribution in [0.5, 0.6) is 5.75 Å². The molecule has 4 aromatic rings. The molecule has 2 aliphatic heterocycles.